The Labute approximate surface area is 206 Å². The van der Waals surface area contributed by atoms with Gasteiger partial charge in [-0.2, -0.15) is 0 Å². The van der Waals surface area contributed by atoms with Crippen LogP contribution in [0.5, 0.6) is 0 Å². The van der Waals surface area contributed by atoms with E-state index in [1.54, 1.807) is 12.1 Å². The molecule has 8 heteroatoms. The zero-order valence-corrected chi connectivity index (χ0v) is 19.5. The van der Waals surface area contributed by atoms with E-state index in [1.165, 1.54) is 12.4 Å². The molecular weight excluding hydrogens is 460 g/mol. The van der Waals surface area contributed by atoms with Crippen LogP contribution in [0.2, 0.25) is 0 Å². The molecule has 0 spiro atoms. The second kappa shape index (κ2) is 9.99. The van der Waals surface area contributed by atoms with Crippen molar-refractivity contribution in [1.29, 1.82) is 0 Å². The summed E-state index contributed by atoms with van der Waals surface area (Å²) >= 11 is 1.15. The number of ketones is 1. The molecule has 1 atom stereocenters. The highest BCUT2D eigenvalue weighted by atomic mass is 32.1. The Morgan fingerprint density at radius 3 is 2.14 bits per heavy atom. The third-order valence-electron chi connectivity index (χ3n) is 5.91. The average molecular weight is 483 g/mol. The number of benzene rings is 2. The number of rotatable bonds is 6. The van der Waals surface area contributed by atoms with Crippen LogP contribution in [0.25, 0.3) is 0 Å². The van der Waals surface area contributed by atoms with E-state index in [4.69, 9.17) is 0 Å². The van der Waals surface area contributed by atoms with E-state index in [9.17, 15) is 14.4 Å². The lowest BCUT2D eigenvalue weighted by Gasteiger charge is -2.25. The van der Waals surface area contributed by atoms with Gasteiger partial charge in [0.1, 0.15) is 0 Å². The number of amides is 2. The maximum absolute atomic E-state index is 13.3. The fourth-order valence-corrected chi connectivity index (χ4v) is 5.09. The molecule has 0 unspecified atom stereocenters. The van der Waals surface area contributed by atoms with Gasteiger partial charge >= 0.3 is 0 Å². The van der Waals surface area contributed by atoms with Crippen LogP contribution in [0, 0.1) is 5.92 Å². The number of nitrogens with one attached hydrogen (secondary N) is 2. The van der Waals surface area contributed by atoms with Crippen LogP contribution in [-0.4, -0.2) is 27.6 Å². The summed E-state index contributed by atoms with van der Waals surface area (Å²) in [5.74, 6) is -1.19. The highest BCUT2D eigenvalue weighted by molar-refractivity contribution is 7.17. The molecule has 1 aliphatic rings. The normalized spacial score (nSPS) is 14.9. The molecule has 4 aromatic rings. The molecule has 2 N–H and O–H groups in total. The molecule has 2 amide bonds. The Bertz CT molecular complexity index is 1320. The summed E-state index contributed by atoms with van der Waals surface area (Å²) in [5.41, 5.74) is 2.92. The molecule has 0 fully saturated rings. The molecule has 7 nitrogen and oxygen atoms in total. The fraction of sp³-hybridized carbons (Fsp3) is 0.148. The smallest absolute Gasteiger partial charge is 0.257 e. The molecule has 5 rings (SSSR count). The molecule has 2 aromatic carbocycles. The summed E-state index contributed by atoms with van der Waals surface area (Å²) in [6, 6.07) is 22.4. The topological polar surface area (TPSA) is 101 Å². The number of carbonyl (C=O) groups excluding carboxylic acids is 3. The minimum absolute atomic E-state index is 0.106. The van der Waals surface area contributed by atoms with Gasteiger partial charge in [0.05, 0.1) is 22.5 Å². The number of fused-ring (bicyclic) bond motifs is 1. The quantitative estimate of drug-likeness (QED) is 0.423. The molecule has 0 aliphatic heterocycles. The van der Waals surface area contributed by atoms with Crippen LogP contribution >= 0.6 is 11.3 Å². The molecule has 2 aromatic heterocycles. The molecule has 0 saturated heterocycles. The largest absolute Gasteiger partial charge is 0.345 e. The first-order valence-electron chi connectivity index (χ1n) is 11.2. The van der Waals surface area contributed by atoms with Gasteiger partial charge in [-0.1, -0.05) is 72.0 Å². The van der Waals surface area contributed by atoms with Gasteiger partial charge in [0.25, 0.3) is 5.91 Å². The van der Waals surface area contributed by atoms with E-state index in [-0.39, 0.29) is 30.1 Å². The summed E-state index contributed by atoms with van der Waals surface area (Å²) in [7, 11) is 0. The number of Topliss-reactive ketones (excluding diaryl/α,β-unsaturated/α-hetero) is 1. The summed E-state index contributed by atoms with van der Waals surface area (Å²) in [6.07, 6.45) is 3.51. The Hall–Kier alpha value is -4.17. The van der Waals surface area contributed by atoms with Gasteiger partial charge in [-0.15, -0.1) is 0 Å². The van der Waals surface area contributed by atoms with Gasteiger partial charge in [-0.05, 0) is 23.3 Å². The molecule has 0 saturated carbocycles. The number of carbonyl (C=O) groups is 3. The van der Waals surface area contributed by atoms with Crippen LogP contribution in [0.15, 0.2) is 85.2 Å². The summed E-state index contributed by atoms with van der Waals surface area (Å²) in [6.45, 7) is 0. The predicted octanol–water partition coefficient (Wildman–Crippen LogP) is 4.44. The second-order valence-electron chi connectivity index (χ2n) is 8.28. The fourth-order valence-electron chi connectivity index (χ4n) is 4.15. The molecule has 0 bridgehead atoms. The van der Waals surface area contributed by atoms with E-state index >= 15 is 0 Å². The Kier molecular flexibility index (Phi) is 6.45. The number of hydrogen-bond donors (Lipinski definition) is 2. The summed E-state index contributed by atoms with van der Waals surface area (Å²) in [4.78, 5) is 47.5. The number of pyridine rings is 1. The van der Waals surface area contributed by atoms with Gasteiger partial charge in [0.2, 0.25) is 5.91 Å². The first-order chi connectivity index (χ1) is 17.1. The van der Waals surface area contributed by atoms with Crippen molar-refractivity contribution in [1.82, 2.24) is 15.3 Å². The van der Waals surface area contributed by atoms with Gasteiger partial charge in [0.15, 0.2) is 10.9 Å². The number of hydrogen-bond acceptors (Lipinski definition) is 6. The van der Waals surface area contributed by atoms with E-state index in [2.05, 4.69) is 20.6 Å². The van der Waals surface area contributed by atoms with Gasteiger partial charge in [-0.3, -0.25) is 24.7 Å². The summed E-state index contributed by atoms with van der Waals surface area (Å²) < 4.78 is 0. The molecule has 35 heavy (non-hydrogen) atoms. The SMILES string of the molecule is O=C(Nc1nc2c(s1)C(=O)C[C@H](C(=O)NC(c1ccccc1)c1ccccc1)C2)c1ccncc1. The first kappa shape index (κ1) is 22.6. The van der Waals surface area contributed by atoms with Crippen molar-refractivity contribution in [3.63, 3.8) is 0 Å². The van der Waals surface area contributed by atoms with Gasteiger partial charge in [0, 0.05) is 30.8 Å². The molecule has 2 heterocycles. The second-order valence-corrected chi connectivity index (χ2v) is 9.28. The maximum atomic E-state index is 13.3. The van der Waals surface area contributed by atoms with Gasteiger partial charge < -0.3 is 5.32 Å². The van der Waals surface area contributed by atoms with Crippen molar-refractivity contribution in [3.8, 4) is 0 Å². The Morgan fingerprint density at radius 1 is 0.886 bits per heavy atom. The van der Waals surface area contributed by atoms with Crippen LogP contribution in [0.4, 0.5) is 5.13 Å². The minimum atomic E-state index is -0.532. The molecule has 174 valence electrons. The lowest BCUT2D eigenvalue weighted by molar-refractivity contribution is -0.125. The Morgan fingerprint density at radius 2 is 1.51 bits per heavy atom. The van der Waals surface area contributed by atoms with Crippen LogP contribution in [0.1, 0.15) is 49.3 Å². The third-order valence-corrected chi connectivity index (χ3v) is 6.96. The molecular formula is C27H22N4O3S. The molecule has 1 aliphatic carbocycles. The van der Waals surface area contributed by atoms with Crippen molar-refractivity contribution >= 4 is 34.1 Å². The van der Waals surface area contributed by atoms with Crippen molar-refractivity contribution < 1.29 is 14.4 Å². The van der Waals surface area contributed by atoms with Crippen LogP contribution in [-0.2, 0) is 11.2 Å². The minimum Gasteiger partial charge on any atom is -0.345 e. The Balaban J connectivity index is 1.33. The van der Waals surface area contributed by atoms with Crippen LogP contribution < -0.4 is 10.6 Å². The van der Waals surface area contributed by atoms with E-state index in [0.29, 0.717) is 27.7 Å². The maximum Gasteiger partial charge on any atom is 0.257 e. The standard InChI is InChI=1S/C27H22N4O3S/c32-22-16-20(15-21-24(22)35-27(29-21)31-25(33)19-11-13-28-14-12-19)26(34)30-23(17-7-3-1-4-8-17)18-9-5-2-6-10-18/h1-14,20,23H,15-16H2,(H,30,34)(H,29,31,33)/t20-/m1/s1. The zero-order valence-electron chi connectivity index (χ0n) is 18.7. The number of aromatic nitrogens is 2. The molecule has 0 radical (unpaired) electrons. The van der Waals surface area contributed by atoms with Crippen molar-refractivity contribution in [2.24, 2.45) is 5.92 Å². The highest BCUT2D eigenvalue weighted by Gasteiger charge is 2.34. The lowest BCUT2D eigenvalue weighted by Crippen LogP contribution is -2.38. The highest BCUT2D eigenvalue weighted by Crippen LogP contribution is 2.33. The van der Waals surface area contributed by atoms with Crippen LogP contribution in [0.3, 0.4) is 0 Å². The third kappa shape index (κ3) is 5.02. The van der Waals surface area contributed by atoms with Crippen molar-refractivity contribution in [2.45, 2.75) is 18.9 Å². The average Bonchev–Trinajstić information content (AvgIpc) is 3.31. The van der Waals surface area contributed by atoms with E-state index in [1.807, 2.05) is 60.7 Å². The van der Waals surface area contributed by atoms with Gasteiger partial charge in [-0.25, -0.2) is 4.98 Å². The zero-order chi connectivity index (χ0) is 24.2. The lowest BCUT2D eigenvalue weighted by atomic mass is 9.88. The van der Waals surface area contributed by atoms with E-state index in [0.717, 1.165) is 22.5 Å². The number of thiazole rings is 1. The summed E-state index contributed by atoms with van der Waals surface area (Å²) in [5, 5.41) is 6.23. The number of nitrogens with zero attached hydrogens (tertiary/aromatic N) is 2. The first-order valence-corrected chi connectivity index (χ1v) is 12.0. The number of anilines is 1. The van der Waals surface area contributed by atoms with Crippen molar-refractivity contribution in [2.75, 3.05) is 5.32 Å². The monoisotopic (exact) mass is 482 g/mol. The van der Waals surface area contributed by atoms with E-state index < -0.39 is 5.92 Å². The predicted molar refractivity (Wildman–Crippen MR) is 133 cm³/mol. The van der Waals surface area contributed by atoms with Crippen molar-refractivity contribution in [3.05, 3.63) is 112 Å².